The Labute approximate surface area is 194 Å². The average molecular weight is 462 g/mol. The Hall–Kier alpha value is -3.85. The number of hydrogen-bond donors (Lipinski definition) is 2. The number of H-pyrrole nitrogens is 1. The van der Waals surface area contributed by atoms with Crippen molar-refractivity contribution in [1.29, 1.82) is 0 Å². The van der Waals surface area contributed by atoms with Crippen LogP contribution in [0.3, 0.4) is 0 Å². The van der Waals surface area contributed by atoms with Gasteiger partial charge in [0.1, 0.15) is 6.04 Å². The molecule has 1 atom stereocenters. The molecular formula is C24H23N5O3S. The first kappa shape index (κ1) is 22.3. The van der Waals surface area contributed by atoms with Crippen LogP contribution in [0.25, 0.3) is 22.5 Å². The molecule has 2 aromatic heterocycles. The summed E-state index contributed by atoms with van der Waals surface area (Å²) in [5.41, 5.74) is 3.63. The number of nitrogens with zero attached hydrogens (tertiary/aromatic N) is 4. The zero-order chi connectivity index (χ0) is 23.4. The van der Waals surface area contributed by atoms with Gasteiger partial charge in [-0.15, -0.1) is 16.4 Å². The lowest BCUT2D eigenvalue weighted by Gasteiger charge is -2.31. The first-order valence-corrected chi connectivity index (χ1v) is 11.3. The number of benzene rings is 2. The number of tetrazole rings is 1. The van der Waals surface area contributed by atoms with Crippen LogP contribution in [0.4, 0.5) is 0 Å². The number of carboxylic acid groups (broad SMARTS) is 1. The van der Waals surface area contributed by atoms with Gasteiger partial charge in [-0.3, -0.25) is 4.79 Å². The molecule has 0 aliphatic carbocycles. The lowest BCUT2D eigenvalue weighted by atomic mass is 9.97. The normalized spacial score (nSPS) is 12.0. The number of amides is 1. The molecule has 1 amide bonds. The third-order valence-electron chi connectivity index (χ3n) is 5.36. The summed E-state index contributed by atoms with van der Waals surface area (Å²) in [6, 6.07) is 18.1. The second-order valence-corrected chi connectivity index (χ2v) is 8.88. The first-order chi connectivity index (χ1) is 16.0. The molecule has 0 bridgehead atoms. The van der Waals surface area contributed by atoms with Crippen LogP contribution >= 0.6 is 11.3 Å². The molecule has 0 saturated carbocycles. The Morgan fingerprint density at radius 1 is 1.03 bits per heavy atom. The molecule has 168 valence electrons. The second kappa shape index (κ2) is 9.74. The third-order valence-corrected chi connectivity index (χ3v) is 6.22. The topological polar surface area (TPSA) is 112 Å². The fraction of sp³-hybridized carbons (Fsp3) is 0.208. The molecule has 0 aliphatic heterocycles. The molecule has 0 fully saturated rings. The highest BCUT2D eigenvalue weighted by Gasteiger charge is 2.33. The minimum atomic E-state index is -1.01. The molecule has 8 nitrogen and oxygen atoms in total. The quantitative estimate of drug-likeness (QED) is 0.404. The average Bonchev–Trinajstić information content (AvgIpc) is 3.53. The third kappa shape index (κ3) is 4.83. The maximum atomic E-state index is 13.2. The van der Waals surface area contributed by atoms with E-state index in [1.807, 2.05) is 67.8 Å². The number of nitrogens with one attached hydrogen (secondary N) is 1. The van der Waals surface area contributed by atoms with Crippen LogP contribution in [0, 0.1) is 5.92 Å². The van der Waals surface area contributed by atoms with Gasteiger partial charge in [0.05, 0.1) is 4.88 Å². The molecule has 9 heteroatoms. The van der Waals surface area contributed by atoms with E-state index in [1.54, 1.807) is 12.1 Å². The number of aromatic nitrogens is 4. The van der Waals surface area contributed by atoms with Gasteiger partial charge < -0.3 is 10.0 Å². The number of carbonyl (C=O) groups is 2. The molecule has 0 unspecified atom stereocenters. The van der Waals surface area contributed by atoms with Crippen molar-refractivity contribution in [3.05, 3.63) is 76.5 Å². The van der Waals surface area contributed by atoms with Crippen LogP contribution in [-0.4, -0.2) is 48.5 Å². The zero-order valence-electron chi connectivity index (χ0n) is 18.2. The minimum absolute atomic E-state index is 0.194. The van der Waals surface area contributed by atoms with Gasteiger partial charge in [-0.1, -0.05) is 68.4 Å². The number of aromatic amines is 1. The molecule has 2 N–H and O–H groups in total. The smallest absolute Gasteiger partial charge is 0.326 e. The van der Waals surface area contributed by atoms with Crippen molar-refractivity contribution < 1.29 is 14.7 Å². The van der Waals surface area contributed by atoms with Crippen LogP contribution in [0.15, 0.2) is 66.0 Å². The monoisotopic (exact) mass is 461 g/mol. The molecule has 0 aliphatic rings. The van der Waals surface area contributed by atoms with Crippen molar-refractivity contribution >= 4 is 23.2 Å². The molecule has 0 radical (unpaired) electrons. The van der Waals surface area contributed by atoms with Crippen molar-refractivity contribution in [1.82, 2.24) is 25.5 Å². The van der Waals surface area contributed by atoms with Crippen LogP contribution in [0.1, 0.15) is 29.1 Å². The minimum Gasteiger partial charge on any atom is -0.480 e. The van der Waals surface area contributed by atoms with Crippen LogP contribution in [-0.2, 0) is 11.3 Å². The summed E-state index contributed by atoms with van der Waals surface area (Å²) in [6.07, 6.45) is 0. The van der Waals surface area contributed by atoms with E-state index in [0.717, 1.165) is 22.3 Å². The largest absolute Gasteiger partial charge is 0.480 e. The molecule has 4 aromatic rings. The van der Waals surface area contributed by atoms with Crippen molar-refractivity contribution in [2.45, 2.75) is 26.4 Å². The number of hydrogen-bond acceptors (Lipinski definition) is 6. The predicted octanol–water partition coefficient (Wildman–Crippen LogP) is 4.35. The van der Waals surface area contributed by atoms with Gasteiger partial charge in [-0.2, -0.15) is 0 Å². The Morgan fingerprint density at radius 3 is 2.33 bits per heavy atom. The highest BCUT2D eigenvalue weighted by molar-refractivity contribution is 7.12. The molecule has 0 saturated heterocycles. The Balaban J connectivity index is 1.64. The van der Waals surface area contributed by atoms with Gasteiger partial charge in [-0.05, 0) is 44.5 Å². The first-order valence-electron chi connectivity index (χ1n) is 10.5. The maximum absolute atomic E-state index is 13.2. The van der Waals surface area contributed by atoms with Gasteiger partial charge >= 0.3 is 5.97 Å². The number of rotatable bonds is 8. The fourth-order valence-corrected chi connectivity index (χ4v) is 4.50. The summed E-state index contributed by atoms with van der Waals surface area (Å²) in [5.74, 6) is -0.962. The summed E-state index contributed by atoms with van der Waals surface area (Å²) >= 11 is 1.31. The maximum Gasteiger partial charge on any atom is 0.326 e. The van der Waals surface area contributed by atoms with Gasteiger partial charge in [0.2, 0.25) is 0 Å². The summed E-state index contributed by atoms with van der Waals surface area (Å²) in [5, 5.41) is 25.8. The van der Waals surface area contributed by atoms with Crippen molar-refractivity contribution in [2.75, 3.05) is 0 Å². The molecular weight excluding hydrogens is 438 g/mol. The highest BCUT2D eigenvalue weighted by atomic mass is 32.1. The highest BCUT2D eigenvalue weighted by Crippen LogP contribution is 2.30. The molecule has 33 heavy (non-hydrogen) atoms. The predicted molar refractivity (Wildman–Crippen MR) is 126 cm³/mol. The van der Waals surface area contributed by atoms with Crippen LogP contribution in [0.5, 0.6) is 0 Å². The summed E-state index contributed by atoms with van der Waals surface area (Å²) < 4.78 is 0. The van der Waals surface area contributed by atoms with Crippen molar-refractivity contribution in [2.24, 2.45) is 5.92 Å². The lowest BCUT2D eigenvalue weighted by molar-refractivity contribution is -0.144. The standard InChI is InChI=1S/C24H23N5O3S/c1-15(2)21(24(31)32)29(23(30)20-8-5-13-33-20)14-16-9-11-17(12-10-16)18-6-3-4-7-19(18)22-25-27-28-26-22/h3-13,15,21H,14H2,1-2H3,(H,31,32)(H,25,26,27,28)/t21-/m0/s1. The van der Waals surface area contributed by atoms with E-state index in [1.165, 1.54) is 16.2 Å². The Bertz CT molecular complexity index is 1220. The summed E-state index contributed by atoms with van der Waals surface area (Å²) in [4.78, 5) is 27.2. The number of aliphatic carboxylic acids is 1. The number of carbonyl (C=O) groups excluding carboxylic acids is 1. The lowest BCUT2D eigenvalue weighted by Crippen LogP contribution is -2.47. The van der Waals surface area contributed by atoms with E-state index in [4.69, 9.17) is 0 Å². The number of thiophene rings is 1. The molecule has 4 rings (SSSR count). The van der Waals surface area contributed by atoms with E-state index in [9.17, 15) is 14.7 Å². The molecule has 2 heterocycles. The Kier molecular flexibility index (Phi) is 6.60. The van der Waals surface area contributed by atoms with Gasteiger partial charge in [-0.25, -0.2) is 9.89 Å². The Morgan fingerprint density at radius 2 is 1.76 bits per heavy atom. The second-order valence-electron chi connectivity index (χ2n) is 7.93. The van der Waals surface area contributed by atoms with E-state index in [2.05, 4.69) is 20.6 Å². The SMILES string of the molecule is CC(C)[C@@H](C(=O)O)N(Cc1ccc(-c2ccccc2-c2nnn[nH]2)cc1)C(=O)c1cccs1. The van der Waals surface area contributed by atoms with Crippen LogP contribution < -0.4 is 0 Å². The van der Waals surface area contributed by atoms with E-state index in [-0.39, 0.29) is 18.4 Å². The van der Waals surface area contributed by atoms with Gasteiger partial charge in [0.15, 0.2) is 5.82 Å². The molecule has 0 spiro atoms. The number of carboxylic acids is 1. The van der Waals surface area contributed by atoms with Gasteiger partial charge in [0.25, 0.3) is 5.91 Å². The van der Waals surface area contributed by atoms with Gasteiger partial charge in [0, 0.05) is 12.1 Å². The van der Waals surface area contributed by atoms with Crippen molar-refractivity contribution in [3.8, 4) is 22.5 Å². The van der Waals surface area contributed by atoms with Crippen LogP contribution in [0.2, 0.25) is 0 Å². The molecule has 2 aromatic carbocycles. The fourth-order valence-electron chi connectivity index (χ4n) is 3.82. The van der Waals surface area contributed by atoms with E-state index in [0.29, 0.717) is 10.7 Å². The summed E-state index contributed by atoms with van der Waals surface area (Å²) in [6.45, 7) is 3.82. The zero-order valence-corrected chi connectivity index (χ0v) is 19.0. The van der Waals surface area contributed by atoms with E-state index >= 15 is 0 Å². The van der Waals surface area contributed by atoms with E-state index < -0.39 is 12.0 Å². The van der Waals surface area contributed by atoms with Crippen molar-refractivity contribution in [3.63, 3.8) is 0 Å². The summed E-state index contributed by atoms with van der Waals surface area (Å²) in [7, 11) is 0.